The minimum absolute atomic E-state index is 0.187. The number of rotatable bonds is 4. The zero-order valence-corrected chi connectivity index (χ0v) is 19.4. The molecule has 1 aliphatic heterocycles. The highest BCUT2D eigenvalue weighted by molar-refractivity contribution is 7.90. The van der Waals surface area contributed by atoms with E-state index in [0.717, 1.165) is 16.6 Å². The number of benzene rings is 2. The molecule has 4 rings (SSSR count). The molecule has 0 saturated heterocycles. The van der Waals surface area contributed by atoms with Crippen LogP contribution >= 0.6 is 0 Å². The molecular weight excluding hydrogens is 406 g/mol. The predicted octanol–water partition coefficient (Wildman–Crippen LogP) is 4.44. The van der Waals surface area contributed by atoms with Gasteiger partial charge in [-0.2, -0.15) is 5.26 Å². The van der Waals surface area contributed by atoms with Gasteiger partial charge < -0.3 is 9.45 Å². The smallest absolute Gasteiger partial charge is 0.183 e. The zero-order valence-electron chi connectivity index (χ0n) is 18.6. The Hall–Kier alpha value is -2.66. The molecule has 1 aromatic heterocycles. The first kappa shape index (κ1) is 21.6. The maximum atomic E-state index is 12.7. The van der Waals surface area contributed by atoms with Crippen LogP contribution in [0.1, 0.15) is 61.7 Å². The third-order valence-corrected chi connectivity index (χ3v) is 7.16. The number of hydrogen-bond donors (Lipinski definition) is 1. The van der Waals surface area contributed by atoms with E-state index in [1.54, 1.807) is 0 Å². The standard InChI is InChI=1S/C24H27N5OS/c1-15-10-19(16(2)28-31(30)24(3,4)5)22-20(11-15)26-21(12-25)23(27-22)29-13-17-8-6-7-9-18(17)14-29/h6-11,16,28H,13-14H2,1-5H3/t16-,31?/m1/s1. The topological polar surface area (TPSA) is 87.9 Å². The minimum atomic E-state index is -1.22. The summed E-state index contributed by atoms with van der Waals surface area (Å²) in [5, 5.41) is 9.78. The third kappa shape index (κ3) is 4.24. The van der Waals surface area contributed by atoms with Gasteiger partial charge in [-0.15, -0.1) is 4.72 Å². The summed E-state index contributed by atoms with van der Waals surface area (Å²) < 4.78 is 15.5. The van der Waals surface area contributed by atoms with E-state index in [-0.39, 0.29) is 10.8 Å². The summed E-state index contributed by atoms with van der Waals surface area (Å²) >= 11 is -1.22. The predicted molar refractivity (Wildman–Crippen MR) is 125 cm³/mol. The molecule has 2 heterocycles. The normalized spacial score (nSPS) is 15.6. The van der Waals surface area contributed by atoms with Crippen LogP contribution in [0.25, 0.3) is 11.0 Å². The Kier molecular flexibility index (Phi) is 5.65. The molecule has 0 spiro atoms. The second-order valence-electron chi connectivity index (χ2n) is 9.07. The fourth-order valence-electron chi connectivity index (χ4n) is 3.83. The molecule has 0 fully saturated rings. The van der Waals surface area contributed by atoms with Crippen molar-refractivity contribution < 1.29 is 4.55 Å². The van der Waals surface area contributed by atoms with E-state index in [9.17, 15) is 9.81 Å². The molecule has 160 valence electrons. The lowest BCUT2D eigenvalue weighted by Gasteiger charge is -2.27. The molecule has 0 radical (unpaired) electrons. The molecule has 0 bridgehead atoms. The summed E-state index contributed by atoms with van der Waals surface area (Å²) in [5.74, 6) is 0.598. The number of nitrogens with one attached hydrogen (secondary N) is 1. The Morgan fingerprint density at radius 1 is 1.16 bits per heavy atom. The fourth-order valence-corrected chi connectivity index (χ4v) is 4.63. The average Bonchev–Trinajstić information content (AvgIpc) is 3.15. The van der Waals surface area contributed by atoms with Gasteiger partial charge in [-0.1, -0.05) is 30.3 Å². The number of nitriles is 1. The summed E-state index contributed by atoms with van der Waals surface area (Å²) in [4.78, 5) is 11.7. The SMILES string of the molecule is Cc1cc([C@@H](C)N[S+]([O-])C(C)(C)C)c2nc(N3Cc4ccccc4C3)c(C#N)nc2c1. The van der Waals surface area contributed by atoms with E-state index in [0.29, 0.717) is 30.1 Å². The van der Waals surface area contributed by atoms with Gasteiger partial charge in [0, 0.05) is 30.0 Å². The molecule has 1 aliphatic rings. The van der Waals surface area contributed by atoms with Crippen LogP contribution in [0.15, 0.2) is 36.4 Å². The maximum absolute atomic E-state index is 12.7. The van der Waals surface area contributed by atoms with E-state index >= 15 is 0 Å². The van der Waals surface area contributed by atoms with Gasteiger partial charge in [-0.25, -0.2) is 9.97 Å². The summed E-state index contributed by atoms with van der Waals surface area (Å²) in [7, 11) is 0. The van der Waals surface area contributed by atoms with Crippen LogP contribution in [0.2, 0.25) is 0 Å². The van der Waals surface area contributed by atoms with Gasteiger partial charge in [0.05, 0.1) is 17.1 Å². The van der Waals surface area contributed by atoms with Gasteiger partial charge in [0.25, 0.3) is 0 Å². The van der Waals surface area contributed by atoms with Gasteiger partial charge in [0.1, 0.15) is 10.8 Å². The first-order valence-corrected chi connectivity index (χ1v) is 11.5. The molecule has 1 unspecified atom stereocenters. The highest BCUT2D eigenvalue weighted by atomic mass is 32.2. The summed E-state index contributed by atoms with van der Waals surface area (Å²) in [6.07, 6.45) is 0. The highest BCUT2D eigenvalue weighted by Crippen LogP contribution is 2.32. The van der Waals surface area contributed by atoms with Crippen LogP contribution < -0.4 is 9.62 Å². The second kappa shape index (κ2) is 8.12. The first-order chi connectivity index (χ1) is 14.7. The fraction of sp³-hybridized carbons (Fsp3) is 0.375. The van der Waals surface area contributed by atoms with Crippen LogP contribution in [0.5, 0.6) is 0 Å². The molecule has 0 saturated carbocycles. The molecule has 2 aromatic carbocycles. The molecule has 6 nitrogen and oxygen atoms in total. The van der Waals surface area contributed by atoms with Crippen LogP contribution in [0, 0.1) is 18.3 Å². The number of aryl methyl sites for hydroxylation is 1. The molecule has 3 aromatic rings. The maximum Gasteiger partial charge on any atom is 0.183 e. The van der Waals surface area contributed by atoms with E-state index in [1.165, 1.54) is 11.1 Å². The number of hydrogen-bond acceptors (Lipinski definition) is 6. The van der Waals surface area contributed by atoms with Crippen molar-refractivity contribution in [1.82, 2.24) is 14.7 Å². The minimum Gasteiger partial charge on any atom is -0.598 e. The van der Waals surface area contributed by atoms with Crippen LogP contribution in [-0.2, 0) is 24.5 Å². The summed E-state index contributed by atoms with van der Waals surface area (Å²) in [6.45, 7) is 11.2. The molecule has 0 aliphatic carbocycles. The summed E-state index contributed by atoms with van der Waals surface area (Å²) in [5.41, 5.74) is 6.19. The largest absolute Gasteiger partial charge is 0.598 e. The van der Waals surface area contributed by atoms with E-state index in [1.807, 2.05) is 52.8 Å². The second-order valence-corrected chi connectivity index (χ2v) is 11.1. The van der Waals surface area contributed by atoms with Crippen molar-refractivity contribution in [1.29, 1.82) is 5.26 Å². The molecule has 0 amide bonds. The van der Waals surface area contributed by atoms with Gasteiger partial charge in [0.15, 0.2) is 11.5 Å². The summed E-state index contributed by atoms with van der Waals surface area (Å²) in [6, 6.07) is 14.3. The molecular formula is C24H27N5OS. The van der Waals surface area contributed by atoms with Gasteiger partial charge in [-0.05, 0) is 57.4 Å². The molecule has 2 atom stereocenters. The van der Waals surface area contributed by atoms with Crippen molar-refractivity contribution in [2.45, 2.75) is 58.5 Å². The van der Waals surface area contributed by atoms with Crippen LogP contribution in [-0.4, -0.2) is 19.3 Å². The number of nitrogens with zero attached hydrogens (tertiary/aromatic N) is 4. The van der Waals surface area contributed by atoms with Gasteiger partial charge in [-0.3, -0.25) is 0 Å². The van der Waals surface area contributed by atoms with E-state index < -0.39 is 11.4 Å². The van der Waals surface area contributed by atoms with E-state index in [4.69, 9.17) is 4.98 Å². The Labute approximate surface area is 186 Å². The van der Waals surface area contributed by atoms with Crippen molar-refractivity contribution in [3.05, 3.63) is 64.3 Å². The lowest BCUT2D eigenvalue weighted by atomic mass is 10.0. The van der Waals surface area contributed by atoms with Crippen molar-refractivity contribution in [2.24, 2.45) is 0 Å². The van der Waals surface area contributed by atoms with Crippen molar-refractivity contribution in [3.8, 4) is 6.07 Å². The quantitative estimate of drug-likeness (QED) is 0.612. The number of fused-ring (bicyclic) bond motifs is 2. The Balaban J connectivity index is 1.78. The zero-order chi connectivity index (χ0) is 22.3. The van der Waals surface area contributed by atoms with Crippen molar-refractivity contribution in [2.75, 3.05) is 4.90 Å². The Morgan fingerprint density at radius 2 is 1.81 bits per heavy atom. The highest BCUT2D eigenvalue weighted by Gasteiger charge is 2.30. The molecule has 7 heteroatoms. The Morgan fingerprint density at radius 3 is 2.39 bits per heavy atom. The van der Waals surface area contributed by atoms with Crippen LogP contribution in [0.3, 0.4) is 0 Å². The van der Waals surface area contributed by atoms with Crippen molar-refractivity contribution in [3.63, 3.8) is 0 Å². The Bertz CT molecular complexity index is 1160. The lowest BCUT2D eigenvalue weighted by molar-refractivity contribution is 0.531. The monoisotopic (exact) mass is 433 g/mol. The van der Waals surface area contributed by atoms with Gasteiger partial charge in [0.2, 0.25) is 0 Å². The number of anilines is 1. The van der Waals surface area contributed by atoms with E-state index in [2.05, 4.69) is 38.9 Å². The first-order valence-electron chi connectivity index (χ1n) is 10.4. The van der Waals surface area contributed by atoms with Gasteiger partial charge >= 0.3 is 0 Å². The average molecular weight is 434 g/mol. The lowest BCUT2D eigenvalue weighted by Crippen LogP contribution is -2.40. The third-order valence-electron chi connectivity index (χ3n) is 5.48. The van der Waals surface area contributed by atoms with Crippen LogP contribution in [0.4, 0.5) is 5.82 Å². The molecule has 31 heavy (non-hydrogen) atoms. The molecule has 1 N–H and O–H groups in total. The number of aromatic nitrogens is 2. The van der Waals surface area contributed by atoms with Crippen molar-refractivity contribution >= 4 is 28.2 Å².